The summed E-state index contributed by atoms with van der Waals surface area (Å²) in [6.45, 7) is 5.29. The highest BCUT2D eigenvalue weighted by Crippen LogP contribution is 2.28. The number of hydrogen-bond donors (Lipinski definition) is 1. The van der Waals surface area contributed by atoms with Crippen molar-refractivity contribution in [2.75, 3.05) is 19.6 Å². The number of aromatic nitrogens is 1. The molecule has 2 aromatic rings. The highest BCUT2D eigenvalue weighted by Gasteiger charge is 2.32. The van der Waals surface area contributed by atoms with Crippen molar-refractivity contribution in [2.24, 2.45) is 5.92 Å². The maximum Gasteiger partial charge on any atom is 0.259 e. The number of halogens is 1. The zero-order chi connectivity index (χ0) is 19.4. The number of benzene rings is 1. The minimum absolute atomic E-state index is 0.00449. The fraction of sp³-hybridized carbons (Fsp3) is 0.450. The molecule has 1 atom stereocenters. The summed E-state index contributed by atoms with van der Waals surface area (Å²) in [5.41, 5.74) is 1.39. The first-order valence-electron chi connectivity index (χ1n) is 9.30. The monoisotopic (exact) mass is 373 g/mol. The number of carbonyl (C=O) groups excluding carboxylic acids is 2. The molecule has 0 spiro atoms. The standard InChI is InChI=1S/C20H24FN3O3/c1-3-10-22-19(25)15-5-4-11-24(12-15)20(26)17-13(2)27-23-18(17)14-6-8-16(21)9-7-14/h6-9,15H,3-5,10-12H2,1-2H3,(H,22,25)/t15-/m1/s1. The predicted molar refractivity (Wildman–Crippen MR) is 98.6 cm³/mol. The van der Waals surface area contributed by atoms with Gasteiger partial charge >= 0.3 is 0 Å². The molecule has 1 aromatic carbocycles. The third kappa shape index (κ3) is 4.18. The molecule has 0 radical (unpaired) electrons. The first kappa shape index (κ1) is 19.1. The molecule has 0 aliphatic carbocycles. The number of aryl methyl sites for hydroxylation is 1. The molecule has 1 aliphatic heterocycles. The van der Waals surface area contributed by atoms with Crippen molar-refractivity contribution in [3.8, 4) is 11.3 Å². The molecule has 1 aliphatic rings. The number of nitrogens with one attached hydrogen (secondary N) is 1. The van der Waals surface area contributed by atoms with Gasteiger partial charge in [-0.3, -0.25) is 9.59 Å². The molecule has 0 bridgehead atoms. The number of amides is 2. The van der Waals surface area contributed by atoms with Crippen LogP contribution in [0.5, 0.6) is 0 Å². The number of hydrogen-bond acceptors (Lipinski definition) is 4. The fourth-order valence-corrected chi connectivity index (χ4v) is 3.36. The van der Waals surface area contributed by atoms with Crippen LogP contribution in [0.15, 0.2) is 28.8 Å². The third-order valence-electron chi connectivity index (χ3n) is 4.82. The van der Waals surface area contributed by atoms with Crippen LogP contribution < -0.4 is 5.32 Å². The molecule has 3 rings (SSSR count). The van der Waals surface area contributed by atoms with Crippen molar-refractivity contribution < 1.29 is 18.5 Å². The van der Waals surface area contributed by atoms with E-state index in [2.05, 4.69) is 10.5 Å². The summed E-state index contributed by atoms with van der Waals surface area (Å²) in [6, 6.07) is 5.78. The van der Waals surface area contributed by atoms with Crippen molar-refractivity contribution in [3.05, 3.63) is 41.4 Å². The SMILES string of the molecule is CCCNC(=O)[C@@H]1CCCN(C(=O)c2c(-c3ccc(F)cc3)noc2C)C1. The van der Waals surface area contributed by atoms with Crippen LogP contribution in [0.1, 0.15) is 42.3 Å². The Balaban J connectivity index is 1.80. The Labute approximate surface area is 157 Å². The number of rotatable bonds is 5. The van der Waals surface area contributed by atoms with Crippen LogP contribution in [0.2, 0.25) is 0 Å². The molecule has 1 N–H and O–H groups in total. The summed E-state index contributed by atoms with van der Waals surface area (Å²) in [6.07, 6.45) is 2.42. The molecule has 1 saturated heterocycles. The third-order valence-corrected chi connectivity index (χ3v) is 4.82. The van der Waals surface area contributed by atoms with Gasteiger partial charge in [0.05, 0.1) is 5.92 Å². The largest absolute Gasteiger partial charge is 0.360 e. The Bertz CT molecular complexity index is 816. The van der Waals surface area contributed by atoms with Crippen molar-refractivity contribution in [2.45, 2.75) is 33.1 Å². The van der Waals surface area contributed by atoms with E-state index < -0.39 is 0 Å². The Hall–Kier alpha value is -2.70. The second-order valence-electron chi connectivity index (χ2n) is 6.85. The van der Waals surface area contributed by atoms with Gasteiger partial charge in [0.1, 0.15) is 22.8 Å². The number of likely N-dealkylation sites (tertiary alicyclic amines) is 1. The van der Waals surface area contributed by atoms with Crippen LogP contribution >= 0.6 is 0 Å². The van der Waals surface area contributed by atoms with E-state index in [9.17, 15) is 14.0 Å². The lowest BCUT2D eigenvalue weighted by Crippen LogP contribution is -2.45. The zero-order valence-electron chi connectivity index (χ0n) is 15.6. The Morgan fingerprint density at radius 2 is 2.07 bits per heavy atom. The molecular formula is C20H24FN3O3. The van der Waals surface area contributed by atoms with Crippen LogP contribution in [0.4, 0.5) is 4.39 Å². The predicted octanol–water partition coefficient (Wildman–Crippen LogP) is 3.17. The molecule has 0 saturated carbocycles. The average Bonchev–Trinajstić information content (AvgIpc) is 3.07. The van der Waals surface area contributed by atoms with E-state index >= 15 is 0 Å². The lowest BCUT2D eigenvalue weighted by atomic mass is 9.95. The second kappa shape index (κ2) is 8.33. The average molecular weight is 373 g/mol. The van der Waals surface area contributed by atoms with E-state index in [1.54, 1.807) is 24.0 Å². The van der Waals surface area contributed by atoms with E-state index in [1.807, 2.05) is 6.92 Å². The molecule has 0 unspecified atom stereocenters. The van der Waals surface area contributed by atoms with Gasteiger partial charge in [0.25, 0.3) is 5.91 Å². The minimum atomic E-state index is -0.358. The van der Waals surface area contributed by atoms with Gasteiger partial charge in [0.15, 0.2) is 0 Å². The fourth-order valence-electron chi connectivity index (χ4n) is 3.36. The topological polar surface area (TPSA) is 75.4 Å². The Kier molecular flexibility index (Phi) is 5.88. The molecular weight excluding hydrogens is 349 g/mol. The van der Waals surface area contributed by atoms with Gasteiger partial charge in [-0.15, -0.1) is 0 Å². The highest BCUT2D eigenvalue weighted by atomic mass is 19.1. The van der Waals surface area contributed by atoms with Crippen LogP contribution in [0, 0.1) is 18.7 Å². The first-order chi connectivity index (χ1) is 13.0. The summed E-state index contributed by atoms with van der Waals surface area (Å²) in [7, 11) is 0. The van der Waals surface area contributed by atoms with E-state index in [0.717, 1.165) is 19.3 Å². The number of piperidine rings is 1. The molecule has 6 nitrogen and oxygen atoms in total. The maximum absolute atomic E-state index is 13.2. The van der Waals surface area contributed by atoms with Gasteiger partial charge < -0.3 is 14.7 Å². The summed E-state index contributed by atoms with van der Waals surface area (Å²) < 4.78 is 18.5. The Morgan fingerprint density at radius 3 is 2.78 bits per heavy atom. The van der Waals surface area contributed by atoms with Crippen LogP contribution in [0.25, 0.3) is 11.3 Å². The van der Waals surface area contributed by atoms with E-state index in [0.29, 0.717) is 42.2 Å². The van der Waals surface area contributed by atoms with Crippen LogP contribution in [-0.4, -0.2) is 41.5 Å². The van der Waals surface area contributed by atoms with Gasteiger partial charge in [0.2, 0.25) is 5.91 Å². The lowest BCUT2D eigenvalue weighted by Gasteiger charge is -2.32. The molecule has 1 aromatic heterocycles. The van der Waals surface area contributed by atoms with E-state index in [1.165, 1.54) is 12.1 Å². The molecule has 27 heavy (non-hydrogen) atoms. The van der Waals surface area contributed by atoms with Gasteiger partial charge in [-0.05, 0) is 50.5 Å². The zero-order valence-corrected chi connectivity index (χ0v) is 15.6. The Morgan fingerprint density at radius 1 is 1.33 bits per heavy atom. The van der Waals surface area contributed by atoms with Crippen molar-refractivity contribution >= 4 is 11.8 Å². The highest BCUT2D eigenvalue weighted by molar-refractivity contribution is 6.01. The van der Waals surface area contributed by atoms with Crippen molar-refractivity contribution in [1.29, 1.82) is 0 Å². The number of carbonyl (C=O) groups is 2. The first-order valence-corrected chi connectivity index (χ1v) is 9.30. The maximum atomic E-state index is 13.2. The van der Waals surface area contributed by atoms with Gasteiger partial charge in [-0.2, -0.15) is 0 Å². The van der Waals surface area contributed by atoms with Gasteiger partial charge in [-0.1, -0.05) is 12.1 Å². The van der Waals surface area contributed by atoms with Crippen LogP contribution in [-0.2, 0) is 4.79 Å². The quantitative estimate of drug-likeness (QED) is 0.873. The second-order valence-corrected chi connectivity index (χ2v) is 6.85. The summed E-state index contributed by atoms with van der Waals surface area (Å²) in [4.78, 5) is 27.1. The molecule has 7 heteroatoms. The summed E-state index contributed by atoms with van der Waals surface area (Å²) >= 11 is 0. The summed E-state index contributed by atoms with van der Waals surface area (Å²) in [5, 5.41) is 6.91. The normalized spacial score (nSPS) is 17.0. The van der Waals surface area contributed by atoms with E-state index in [-0.39, 0.29) is 23.5 Å². The van der Waals surface area contributed by atoms with Crippen molar-refractivity contribution in [1.82, 2.24) is 15.4 Å². The van der Waals surface area contributed by atoms with E-state index in [4.69, 9.17) is 4.52 Å². The molecule has 2 heterocycles. The molecule has 2 amide bonds. The van der Waals surface area contributed by atoms with Gasteiger partial charge in [0, 0.05) is 25.2 Å². The molecule has 1 fully saturated rings. The number of nitrogens with zero attached hydrogens (tertiary/aromatic N) is 2. The van der Waals surface area contributed by atoms with Gasteiger partial charge in [-0.25, -0.2) is 4.39 Å². The van der Waals surface area contributed by atoms with Crippen molar-refractivity contribution in [3.63, 3.8) is 0 Å². The molecule has 144 valence electrons. The minimum Gasteiger partial charge on any atom is -0.360 e. The summed E-state index contributed by atoms with van der Waals surface area (Å²) in [5.74, 6) is -0.361. The lowest BCUT2D eigenvalue weighted by molar-refractivity contribution is -0.126. The smallest absolute Gasteiger partial charge is 0.259 e. The van der Waals surface area contributed by atoms with Crippen LogP contribution in [0.3, 0.4) is 0 Å².